The van der Waals surface area contributed by atoms with Gasteiger partial charge in [-0.2, -0.15) is 4.98 Å². The minimum Gasteiger partial charge on any atom is -0.474 e. The van der Waals surface area contributed by atoms with Crippen molar-refractivity contribution < 1.29 is 9.66 Å². The third-order valence-electron chi connectivity index (χ3n) is 3.21. The lowest BCUT2D eigenvalue weighted by molar-refractivity contribution is -0.384. The van der Waals surface area contributed by atoms with Crippen LogP contribution in [0.2, 0.25) is 0 Å². The lowest BCUT2D eigenvalue weighted by atomic mass is 10.1. The maximum absolute atomic E-state index is 10.8. The van der Waals surface area contributed by atoms with Crippen molar-refractivity contribution in [2.24, 2.45) is 0 Å². The molecule has 1 saturated heterocycles. The van der Waals surface area contributed by atoms with Gasteiger partial charge in [-0.15, -0.1) is 0 Å². The molecule has 0 unspecified atom stereocenters. The molecule has 1 aliphatic heterocycles. The maximum Gasteiger partial charge on any atom is 0.278 e. The number of pyridine rings is 1. The number of nitrogens with zero attached hydrogens (tertiary/aromatic N) is 3. The van der Waals surface area contributed by atoms with Crippen molar-refractivity contribution in [2.45, 2.75) is 18.9 Å². The highest BCUT2D eigenvalue weighted by Crippen LogP contribution is 2.24. The van der Waals surface area contributed by atoms with E-state index < -0.39 is 4.92 Å². The van der Waals surface area contributed by atoms with E-state index in [0.29, 0.717) is 11.7 Å². The first-order chi connectivity index (χ1) is 9.08. The van der Waals surface area contributed by atoms with Gasteiger partial charge in [-0.3, -0.25) is 10.1 Å². The molecule has 0 spiro atoms. The minimum absolute atomic E-state index is 0.0118. The van der Waals surface area contributed by atoms with Gasteiger partial charge in [0.2, 0.25) is 5.88 Å². The molecular weight excluding hydrogens is 248 g/mol. The fraction of sp³-hybridized carbons (Fsp3) is 0.583. The first kappa shape index (κ1) is 13.5. The third-order valence-corrected chi connectivity index (χ3v) is 3.21. The Bertz CT molecular complexity index is 458. The van der Waals surface area contributed by atoms with Crippen molar-refractivity contribution in [3.05, 3.63) is 22.2 Å². The molecular formula is C12H18N4O3. The van der Waals surface area contributed by atoms with Gasteiger partial charge in [0.1, 0.15) is 11.9 Å². The summed E-state index contributed by atoms with van der Waals surface area (Å²) < 4.78 is 5.75. The smallest absolute Gasteiger partial charge is 0.278 e. The summed E-state index contributed by atoms with van der Waals surface area (Å²) in [4.78, 5) is 16.8. The normalized spacial score (nSPS) is 17.2. The van der Waals surface area contributed by atoms with Crippen LogP contribution in [-0.2, 0) is 0 Å². The Morgan fingerprint density at radius 3 is 2.74 bits per heavy atom. The van der Waals surface area contributed by atoms with Crippen molar-refractivity contribution in [2.75, 3.05) is 32.5 Å². The quantitative estimate of drug-likeness (QED) is 0.657. The summed E-state index contributed by atoms with van der Waals surface area (Å²) in [6, 6.07) is 2.76. The minimum atomic E-state index is -0.440. The van der Waals surface area contributed by atoms with Gasteiger partial charge in [0.15, 0.2) is 0 Å². The molecule has 19 heavy (non-hydrogen) atoms. The van der Waals surface area contributed by atoms with Gasteiger partial charge in [-0.1, -0.05) is 0 Å². The molecule has 0 radical (unpaired) electrons. The molecule has 1 aromatic rings. The van der Waals surface area contributed by atoms with Gasteiger partial charge >= 0.3 is 0 Å². The van der Waals surface area contributed by atoms with E-state index >= 15 is 0 Å². The number of piperidine rings is 1. The molecule has 0 amide bonds. The van der Waals surface area contributed by atoms with Gasteiger partial charge in [-0.25, -0.2) is 0 Å². The lowest BCUT2D eigenvalue weighted by Gasteiger charge is -2.28. The molecule has 0 aliphatic carbocycles. The Labute approximate surface area is 111 Å². The van der Waals surface area contributed by atoms with Gasteiger partial charge in [0.25, 0.3) is 5.69 Å². The second kappa shape index (κ2) is 5.83. The number of rotatable bonds is 4. The van der Waals surface area contributed by atoms with E-state index in [-0.39, 0.29) is 11.8 Å². The third kappa shape index (κ3) is 3.54. The molecule has 0 saturated carbocycles. The first-order valence-electron chi connectivity index (χ1n) is 6.28. The van der Waals surface area contributed by atoms with Crippen LogP contribution in [0, 0.1) is 10.1 Å². The SMILES string of the molecule is CNc1cc([N+](=O)[O-])cc(OC2CCN(C)CC2)n1. The molecule has 1 aromatic heterocycles. The van der Waals surface area contributed by atoms with Crippen LogP contribution in [-0.4, -0.2) is 48.1 Å². The number of nitro groups is 1. The Morgan fingerprint density at radius 1 is 1.47 bits per heavy atom. The molecule has 0 atom stereocenters. The predicted octanol–water partition coefficient (Wildman–Crippen LogP) is 1.50. The predicted molar refractivity (Wildman–Crippen MR) is 71.6 cm³/mol. The maximum atomic E-state index is 10.8. The van der Waals surface area contributed by atoms with Crippen molar-refractivity contribution in [3.8, 4) is 5.88 Å². The van der Waals surface area contributed by atoms with Crippen LogP contribution in [0.3, 0.4) is 0 Å². The molecule has 104 valence electrons. The summed E-state index contributed by atoms with van der Waals surface area (Å²) in [5.74, 6) is 0.755. The summed E-state index contributed by atoms with van der Waals surface area (Å²) in [5.41, 5.74) is -0.0118. The second-order valence-corrected chi connectivity index (χ2v) is 4.68. The Balaban J connectivity index is 2.10. The van der Waals surface area contributed by atoms with Crippen LogP contribution in [0.4, 0.5) is 11.5 Å². The molecule has 7 heteroatoms. The monoisotopic (exact) mass is 266 g/mol. The number of anilines is 1. The number of nitrogens with one attached hydrogen (secondary N) is 1. The van der Waals surface area contributed by atoms with E-state index in [1.807, 2.05) is 0 Å². The van der Waals surface area contributed by atoms with E-state index in [1.54, 1.807) is 7.05 Å². The van der Waals surface area contributed by atoms with Crippen LogP contribution in [0.1, 0.15) is 12.8 Å². The first-order valence-corrected chi connectivity index (χ1v) is 6.28. The summed E-state index contributed by atoms with van der Waals surface area (Å²) in [7, 11) is 3.74. The number of hydrogen-bond donors (Lipinski definition) is 1. The van der Waals surface area contributed by atoms with E-state index in [4.69, 9.17) is 4.74 Å². The number of likely N-dealkylation sites (tertiary alicyclic amines) is 1. The zero-order valence-corrected chi connectivity index (χ0v) is 11.1. The fourth-order valence-corrected chi connectivity index (χ4v) is 2.06. The van der Waals surface area contributed by atoms with Crippen LogP contribution >= 0.6 is 0 Å². The summed E-state index contributed by atoms with van der Waals surface area (Å²) >= 11 is 0. The Hall–Kier alpha value is -1.89. The zero-order chi connectivity index (χ0) is 13.8. The Kier molecular flexibility index (Phi) is 4.16. The fourth-order valence-electron chi connectivity index (χ4n) is 2.06. The molecule has 2 heterocycles. The van der Waals surface area contributed by atoms with Gasteiger partial charge in [0.05, 0.1) is 17.1 Å². The van der Waals surface area contributed by atoms with Gasteiger partial charge in [-0.05, 0) is 19.9 Å². The number of aromatic nitrogens is 1. The van der Waals surface area contributed by atoms with Crippen LogP contribution in [0.15, 0.2) is 12.1 Å². The van der Waals surface area contributed by atoms with E-state index in [1.165, 1.54) is 12.1 Å². The molecule has 7 nitrogen and oxygen atoms in total. The van der Waals surface area contributed by atoms with Crippen molar-refractivity contribution in [1.29, 1.82) is 0 Å². The molecule has 0 aromatic carbocycles. The zero-order valence-electron chi connectivity index (χ0n) is 11.1. The van der Waals surface area contributed by atoms with Crippen molar-refractivity contribution >= 4 is 11.5 Å². The summed E-state index contributed by atoms with van der Waals surface area (Å²) in [5, 5.41) is 13.6. The van der Waals surface area contributed by atoms with Gasteiger partial charge in [0, 0.05) is 20.1 Å². The summed E-state index contributed by atoms with van der Waals surface area (Å²) in [6.45, 7) is 1.94. The average Bonchev–Trinajstić information content (AvgIpc) is 2.41. The van der Waals surface area contributed by atoms with Crippen LogP contribution in [0.5, 0.6) is 5.88 Å². The molecule has 1 aliphatic rings. The standard InChI is InChI=1S/C12H18N4O3/c1-13-11-7-9(16(17)18)8-12(14-11)19-10-3-5-15(2)6-4-10/h7-8,10H,3-6H2,1-2H3,(H,13,14). The van der Waals surface area contributed by atoms with Crippen LogP contribution in [0.25, 0.3) is 0 Å². The summed E-state index contributed by atoms with van der Waals surface area (Å²) in [6.07, 6.45) is 1.90. The largest absolute Gasteiger partial charge is 0.474 e. The van der Waals surface area contributed by atoms with Crippen molar-refractivity contribution in [3.63, 3.8) is 0 Å². The Morgan fingerprint density at radius 2 is 2.16 bits per heavy atom. The highest BCUT2D eigenvalue weighted by atomic mass is 16.6. The highest BCUT2D eigenvalue weighted by molar-refractivity contribution is 5.47. The van der Waals surface area contributed by atoms with Crippen LogP contribution < -0.4 is 10.1 Å². The van der Waals surface area contributed by atoms with Crippen molar-refractivity contribution in [1.82, 2.24) is 9.88 Å². The number of hydrogen-bond acceptors (Lipinski definition) is 6. The second-order valence-electron chi connectivity index (χ2n) is 4.68. The average molecular weight is 266 g/mol. The topological polar surface area (TPSA) is 80.5 Å². The lowest BCUT2D eigenvalue weighted by Crippen LogP contribution is -2.35. The highest BCUT2D eigenvalue weighted by Gasteiger charge is 2.20. The van der Waals surface area contributed by atoms with E-state index in [2.05, 4.69) is 22.2 Å². The molecule has 1 N–H and O–H groups in total. The molecule has 1 fully saturated rings. The van der Waals surface area contributed by atoms with E-state index in [9.17, 15) is 10.1 Å². The molecule has 0 bridgehead atoms. The van der Waals surface area contributed by atoms with E-state index in [0.717, 1.165) is 25.9 Å². The number of ether oxygens (including phenoxy) is 1. The molecule has 2 rings (SSSR count). The van der Waals surface area contributed by atoms with Gasteiger partial charge < -0.3 is 15.0 Å².